The Morgan fingerprint density at radius 1 is 1.46 bits per heavy atom. The fraction of sp³-hybridized carbons (Fsp3) is 0.727. The molecule has 1 aromatic heterocycles. The largest absolute Gasteiger partial charge is 0.267 e. The fourth-order valence-electron chi connectivity index (χ4n) is 2.27. The van der Waals surface area contributed by atoms with Gasteiger partial charge in [0.25, 0.3) is 0 Å². The van der Waals surface area contributed by atoms with E-state index in [0.29, 0.717) is 6.04 Å². The quantitative estimate of drug-likeness (QED) is 0.695. The van der Waals surface area contributed by atoms with Gasteiger partial charge in [-0.3, -0.25) is 4.68 Å². The lowest BCUT2D eigenvalue weighted by Gasteiger charge is -2.13. The molecule has 1 aliphatic carbocycles. The van der Waals surface area contributed by atoms with Crippen molar-refractivity contribution in [3.63, 3.8) is 0 Å². The van der Waals surface area contributed by atoms with Gasteiger partial charge in [0, 0.05) is 11.9 Å². The lowest BCUT2D eigenvalue weighted by atomic mass is 10.2. The molecule has 0 aromatic carbocycles. The molecule has 1 fully saturated rings. The van der Waals surface area contributed by atoms with Gasteiger partial charge < -0.3 is 0 Å². The van der Waals surface area contributed by atoms with Gasteiger partial charge in [-0.2, -0.15) is 5.10 Å². The minimum Gasteiger partial charge on any atom is -0.267 e. The zero-order valence-electron chi connectivity index (χ0n) is 8.37. The van der Waals surface area contributed by atoms with Crippen LogP contribution in [0.25, 0.3) is 0 Å². The SMILES string of the molecule is CCCc1ccnn1C1CCCC1. The van der Waals surface area contributed by atoms with E-state index in [2.05, 4.69) is 22.8 Å². The van der Waals surface area contributed by atoms with Gasteiger partial charge in [0.2, 0.25) is 0 Å². The van der Waals surface area contributed by atoms with Crippen molar-refractivity contribution in [1.82, 2.24) is 9.78 Å². The number of aryl methyl sites for hydroxylation is 1. The van der Waals surface area contributed by atoms with Crippen molar-refractivity contribution in [3.8, 4) is 0 Å². The first-order valence-electron chi connectivity index (χ1n) is 5.44. The number of hydrogen-bond donors (Lipinski definition) is 0. The molecular weight excluding hydrogens is 160 g/mol. The van der Waals surface area contributed by atoms with Gasteiger partial charge in [-0.25, -0.2) is 0 Å². The molecule has 0 atom stereocenters. The monoisotopic (exact) mass is 178 g/mol. The second-order valence-corrected chi connectivity index (χ2v) is 3.96. The third kappa shape index (κ3) is 1.77. The van der Waals surface area contributed by atoms with E-state index in [4.69, 9.17) is 0 Å². The van der Waals surface area contributed by atoms with Crippen molar-refractivity contribution in [3.05, 3.63) is 18.0 Å². The molecule has 2 heteroatoms. The Kier molecular flexibility index (Phi) is 2.67. The molecule has 0 aliphatic heterocycles. The topological polar surface area (TPSA) is 17.8 Å². The predicted molar refractivity (Wildman–Crippen MR) is 53.7 cm³/mol. The Morgan fingerprint density at radius 2 is 2.23 bits per heavy atom. The van der Waals surface area contributed by atoms with Gasteiger partial charge in [0.15, 0.2) is 0 Å². The minimum absolute atomic E-state index is 0.705. The van der Waals surface area contributed by atoms with Gasteiger partial charge in [-0.05, 0) is 25.3 Å². The highest BCUT2D eigenvalue weighted by molar-refractivity contribution is 5.02. The van der Waals surface area contributed by atoms with E-state index in [-0.39, 0.29) is 0 Å². The van der Waals surface area contributed by atoms with Crippen LogP contribution in [0.2, 0.25) is 0 Å². The van der Waals surface area contributed by atoms with Crippen LogP contribution in [0.1, 0.15) is 50.8 Å². The summed E-state index contributed by atoms with van der Waals surface area (Å²) in [5.41, 5.74) is 1.43. The Morgan fingerprint density at radius 3 is 2.92 bits per heavy atom. The van der Waals surface area contributed by atoms with Crippen LogP contribution < -0.4 is 0 Å². The number of nitrogens with zero attached hydrogens (tertiary/aromatic N) is 2. The Bertz CT molecular complexity index is 259. The minimum atomic E-state index is 0.705. The first-order valence-corrected chi connectivity index (χ1v) is 5.44. The molecule has 13 heavy (non-hydrogen) atoms. The van der Waals surface area contributed by atoms with Gasteiger partial charge in [-0.15, -0.1) is 0 Å². The Hall–Kier alpha value is -0.790. The highest BCUT2D eigenvalue weighted by Crippen LogP contribution is 2.29. The van der Waals surface area contributed by atoms with Crippen molar-refractivity contribution >= 4 is 0 Å². The van der Waals surface area contributed by atoms with Gasteiger partial charge in [-0.1, -0.05) is 26.2 Å². The summed E-state index contributed by atoms with van der Waals surface area (Å²) in [5, 5.41) is 4.43. The maximum Gasteiger partial charge on any atom is 0.0522 e. The molecule has 0 amide bonds. The molecule has 72 valence electrons. The van der Waals surface area contributed by atoms with Crippen molar-refractivity contribution in [2.24, 2.45) is 0 Å². The van der Waals surface area contributed by atoms with E-state index >= 15 is 0 Å². The molecule has 0 unspecified atom stereocenters. The summed E-state index contributed by atoms with van der Waals surface area (Å²) < 4.78 is 2.26. The second kappa shape index (κ2) is 3.95. The van der Waals surface area contributed by atoms with E-state index in [1.54, 1.807) is 0 Å². The second-order valence-electron chi connectivity index (χ2n) is 3.96. The average Bonchev–Trinajstić information content (AvgIpc) is 2.71. The molecule has 2 rings (SSSR count). The molecule has 2 nitrogen and oxygen atoms in total. The molecule has 1 aromatic rings. The molecule has 1 aliphatic rings. The third-order valence-electron chi connectivity index (χ3n) is 2.93. The fourth-order valence-corrected chi connectivity index (χ4v) is 2.27. The third-order valence-corrected chi connectivity index (χ3v) is 2.93. The molecule has 0 spiro atoms. The molecule has 0 radical (unpaired) electrons. The number of rotatable bonds is 3. The Balaban J connectivity index is 2.13. The summed E-state index contributed by atoms with van der Waals surface area (Å²) in [6.45, 7) is 2.23. The van der Waals surface area contributed by atoms with Crippen molar-refractivity contribution in [2.45, 2.75) is 51.5 Å². The van der Waals surface area contributed by atoms with Crippen molar-refractivity contribution in [1.29, 1.82) is 0 Å². The van der Waals surface area contributed by atoms with E-state index in [9.17, 15) is 0 Å². The number of aromatic nitrogens is 2. The van der Waals surface area contributed by atoms with Crippen molar-refractivity contribution < 1.29 is 0 Å². The van der Waals surface area contributed by atoms with Gasteiger partial charge >= 0.3 is 0 Å². The summed E-state index contributed by atoms with van der Waals surface area (Å²) in [7, 11) is 0. The molecular formula is C11H18N2. The van der Waals surface area contributed by atoms with Crippen LogP contribution in [0.4, 0.5) is 0 Å². The zero-order valence-corrected chi connectivity index (χ0v) is 8.37. The van der Waals surface area contributed by atoms with Gasteiger partial charge in [0.05, 0.1) is 6.04 Å². The molecule has 0 bridgehead atoms. The van der Waals surface area contributed by atoms with Crippen LogP contribution in [0.5, 0.6) is 0 Å². The lowest BCUT2D eigenvalue weighted by Crippen LogP contribution is -2.10. The lowest BCUT2D eigenvalue weighted by molar-refractivity contribution is 0.448. The predicted octanol–water partition coefficient (Wildman–Crippen LogP) is 2.95. The smallest absolute Gasteiger partial charge is 0.0522 e. The highest BCUT2D eigenvalue weighted by Gasteiger charge is 2.18. The Labute approximate surface area is 80.0 Å². The van der Waals surface area contributed by atoms with E-state index in [1.807, 2.05) is 6.20 Å². The molecule has 1 saturated carbocycles. The summed E-state index contributed by atoms with van der Waals surface area (Å²) in [6, 6.07) is 2.87. The first-order chi connectivity index (χ1) is 6.42. The van der Waals surface area contributed by atoms with Crippen molar-refractivity contribution in [2.75, 3.05) is 0 Å². The summed E-state index contributed by atoms with van der Waals surface area (Å²) in [5.74, 6) is 0. The summed E-state index contributed by atoms with van der Waals surface area (Å²) in [4.78, 5) is 0. The van der Waals surface area contributed by atoms with Crippen LogP contribution in [-0.2, 0) is 6.42 Å². The number of hydrogen-bond acceptors (Lipinski definition) is 1. The van der Waals surface area contributed by atoms with Crippen LogP contribution in [-0.4, -0.2) is 9.78 Å². The molecule has 0 N–H and O–H groups in total. The average molecular weight is 178 g/mol. The standard InChI is InChI=1S/C11H18N2/c1-2-5-10-8-9-12-13(10)11-6-3-4-7-11/h8-9,11H,2-7H2,1H3. The maximum atomic E-state index is 4.43. The van der Waals surface area contributed by atoms with E-state index < -0.39 is 0 Å². The summed E-state index contributed by atoms with van der Waals surface area (Å²) >= 11 is 0. The normalized spacial score (nSPS) is 18.2. The van der Waals surface area contributed by atoms with Crippen LogP contribution >= 0.6 is 0 Å². The van der Waals surface area contributed by atoms with E-state index in [1.165, 1.54) is 44.2 Å². The summed E-state index contributed by atoms with van der Waals surface area (Å²) in [6.07, 6.45) is 9.78. The highest BCUT2D eigenvalue weighted by atomic mass is 15.3. The van der Waals surface area contributed by atoms with Crippen LogP contribution in [0.3, 0.4) is 0 Å². The van der Waals surface area contributed by atoms with Crippen LogP contribution in [0, 0.1) is 0 Å². The first kappa shape index (κ1) is 8.79. The van der Waals surface area contributed by atoms with Crippen LogP contribution in [0.15, 0.2) is 12.3 Å². The zero-order chi connectivity index (χ0) is 9.10. The molecule has 0 saturated heterocycles. The van der Waals surface area contributed by atoms with Gasteiger partial charge in [0.1, 0.15) is 0 Å². The van der Waals surface area contributed by atoms with E-state index in [0.717, 1.165) is 0 Å². The maximum absolute atomic E-state index is 4.43. The molecule has 1 heterocycles.